The molecule has 5 heteroatoms. The van der Waals surface area contributed by atoms with Crippen LogP contribution in [0.2, 0.25) is 0 Å². The normalized spacial score (nSPS) is 13.2. The molecule has 1 unspecified atom stereocenters. The van der Waals surface area contributed by atoms with Crippen molar-refractivity contribution in [2.75, 3.05) is 0 Å². The van der Waals surface area contributed by atoms with E-state index >= 15 is 0 Å². The fourth-order valence-corrected chi connectivity index (χ4v) is 4.28. The summed E-state index contributed by atoms with van der Waals surface area (Å²) in [6, 6.07) is 7.92. The molecule has 0 spiro atoms. The summed E-state index contributed by atoms with van der Waals surface area (Å²) in [5.41, 5.74) is 13.1. The predicted molar refractivity (Wildman–Crippen MR) is 123 cm³/mol. The van der Waals surface area contributed by atoms with Gasteiger partial charge in [0.2, 0.25) is 0 Å². The molecule has 0 saturated carbocycles. The van der Waals surface area contributed by atoms with Gasteiger partial charge >= 0.3 is 0 Å². The Bertz CT molecular complexity index is 1020. The van der Waals surface area contributed by atoms with Crippen molar-refractivity contribution in [2.45, 2.75) is 71.9 Å². The first kappa shape index (κ1) is 21.8. The molecule has 156 valence electrons. The van der Waals surface area contributed by atoms with Gasteiger partial charge < -0.3 is 10.3 Å². The van der Waals surface area contributed by atoms with E-state index in [4.69, 9.17) is 5.73 Å². The predicted octanol–water partition coefficient (Wildman–Crippen LogP) is 7.01. The van der Waals surface area contributed by atoms with Crippen molar-refractivity contribution in [2.24, 2.45) is 11.1 Å². The molecule has 29 heavy (non-hydrogen) atoms. The lowest BCUT2D eigenvalue weighted by Crippen LogP contribution is -2.15. The molecule has 0 aliphatic carbocycles. The number of nitrogens with two attached hydrogens (primary N) is 1. The van der Waals surface area contributed by atoms with Crippen molar-refractivity contribution >= 4 is 23.1 Å². The zero-order valence-corrected chi connectivity index (χ0v) is 19.2. The molecule has 0 bridgehead atoms. The molecule has 0 aliphatic rings. The molecule has 0 fully saturated rings. The van der Waals surface area contributed by atoms with Crippen LogP contribution < -0.4 is 5.73 Å². The van der Waals surface area contributed by atoms with Gasteiger partial charge in [-0.3, -0.25) is 4.98 Å². The maximum absolute atomic E-state index is 13.4. The van der Waals surface area contributed by atoms with Crippen LogP contribution in [0, 0.1) is 12.3 Å². The van der Waals surface area contributed by atoms with Crippen LogP contribution in [-0.2, 0) is 13.0 Å². The molecule has 0 amide bonds. The van der Waals surface area contributed by atoms with Crippen molar-refractivity contribution in [1.29, 1.82) is 0 Å². The van der Waals surface area contributed by atoms with E-state index in [9.17, 15) is 3.89 Å². The first-order valence-electron chi connectivity index (χ1n) is 10.4. The smallest absolute Gasteiger partial charge is 0.0812 e. The van der Waals surface area contributed by atoms with Gasteiger partial charge in [0.25, 0.3) is 0 Å². The second kappa shape index (κ2) is 8.49. The summed E-state index contributed by atoms with van der Waals surface area (Å²) in [7, 11) is 0. The van der Waals surface area contributed by atoms with E-state index in [0.29, 0.717) is 17.0 Å². The molecule has 2 aromatic heterocycles. The Kier molecular flexibility index (Phi) is 6.39. The molecule has 3 rings (SSSR count). The van der Waals surface area contributed by atoms with Crippen molar-refractivity contribution in [3.05, 3.63) is 47.3 Å². The van der Waals surface area contributed by atoms with Gasteiger partial charge in [-0.05, 0) is 68.0 Å². The van der Waals surface area contributed by atoms with Gasteiger partial charge in [-0.1, -0.05) is 27.2 Å². The highest BCUT2D eigenvalue weighted by Gasteiger charge is 2.26. The van der Waals surface area contributed by atoms with Crippen molar-refractivity contribution in [3.8, 4) is 11.3 Å². The summed E-state index contributed by atoms with van der Waals surface area (Å²) >= 11 is 0.303. The van der Waals surface area contributed by atoms with Crippen LogP contribution in [-0.4, -0.2) is 9.55 Å². The van der Waals surface area contributed by atoms with E-state index in [0.717, 1.165) is 47.1 Å². The van der Waals surface area contributed by atoms with Crippen LogP contribution in [0.4, 0.5) is 3.89 Å². The van der Waals surface area contributed by atoms with Crippen LogP contribution >= 0.6 is 12.1 Å². The summed E-state index contributed by atoms with van der Waals surface area (Å²) in [4.78, 5) is 5.33. The van der Waals surface area contributed by atoms with Crippen LogP contribution in [0.1, 0.15) is 63.9 Å². The second-order valence-corrected chi connectivity index (χ2v) is 9.38. The molecular formula is C24H32FN3S. The fraction of sp³-hybridized carbons (Fsp3) is 0.458. The third-order valence-electron chi connectivity index (χ3n) is 5.90. The van der Waals surface area contributed by atoms with Gasteiger partial charge in [0, 0.05) is 40.1 Å². The monoisotopic (exact) mass is 413 g/mol. The number of hydrogen-bond acceptors (Lipinski definition) is 3. The number of aromatic nitrogens is 2. The van der Waals surface area contributed by atoms with Crippen LogP contribution in [0.25, 0.3) is 22.2 Å². The van der Waals surface area contributed by atoms with Gasteiger partial charge in [0.05, 0.1) is 23.5 Å². The quantitative estimate of drug-likeness (QED) is 0.453. The Morgan fingerprint density at radius 2 is 1.97 bits per heavy atom. The highest BCUT2D eigenvalue weighted by atomic mass is 32.2. The van der Waals surface area contributed by atoms with E-state index < -0.39 is 0 Å². The molecule has 3 aromatic rings. The zero-order valence-electron chi connectivity index (χ0n) is 18.3. The van der Waals surface area contributed by atoms with E-state index in [2.05, 4.69) is 50.2 Å². The maximum Gasteiger partial charge on any atom is 0.0812 e. The number of aryl methyl sites for hydroxylation is 2. The van der Waals surface area contributed by atoms with Gasteiger partial charge in [-0.15, -0.1) is 0 Å². The molecule has 1 aromatic carbocycles. The van der Waals surface area contributed by atoms with Gasteiger partial charge in [-0.25, -0.2) is 0 Å². The minimum absolute atomic E-state index is 0.131. The maximum atomic E-state index is 13.4. The van der Waals surface area contributed by atoms with E-state index in [1.807, 2.05) is 31.3 Å². The molecule has 0 radical (unpaired) electrons. The second-order valence-electron chi connectivity index (χ2n) is 8.76. The number of halogens is 1. The lowest BCUT2D eigenvalue weighted by molar-refractivity contribution is 0.350. The first-order valence-corrected chi connectivity index (χ1v) is 11.1. The first-order chi connectivity index (χ1) is 13.7. The van der Waals surface area contributed by atoms with Gasteiger partial charge in [0.15, 0.2) is 0 Å². The summed E-state index contributed by atoms with van der Waals surface area (Å²) < 4.78 is 15.7. The number of nitrogens with zero attached hydrogens (tertiary/aromatic N) is 2. The third kappa shape index (κ3) is 4.22. The standard InChI is InChI=1S/C24H32FN3S/c1-7-24(5,6)13-20-18-12-17(29-25)9-10-21(18)28(8-2)23(20)19-11-15(3)14-27-22(19)16(4)26/h9-12,14,16H,7-8,13,26H2,1-6H3. The Labute approximate surface area is 178 Å². The number of benzene rings is 1. The van der Waals surface area contributed by atoms with Gasteiger partial charge in [-0.2, -0.15) is 3.89 Å². The minimum atomic E-state index is -0.169. The fourth-order valence-electron chi connectivity index (χ4n) is 4.00. The van der Waals surface area contributed by atoms with Gasteiger partial charge in [0.1, 0.15) is 0 Å². The highest BCUT2D eigenvalue weighted by molar-refractivity contribution is 7.94. The molecule has 2 N–H and O–H groups in total. The van der Waals surface area contributed by atoms with Crippen molar-refractivity contribution in [3.63, 3.8) is 0 Å². The molecule has 0 aliphatic heterocycles. The third-order valence-corrected chi connectivity index (χ3v) is 6.33. The molecular weight excluding hydrogens is 381 g/mol. The Morgan fingerprint density at radius 1 is 1.24 bits per heavy atom. The van der Waals surface area contributed by atoms with E-state index in [1.165, 1.54) is 11.3 Å². The SMILES string of the molecule is CCn1c(-c2cc(C)cnc2C(C)N)c(CC(C)(C)CC)c2cc(SF)ccc21. The minimum Gasteiger partial charge on any atom is -0.340 e. The molecule has 1 atom stereocenters. The van der Waals surface area contributed by atoms with Crippen LogP contribution in [0.15, 0.2) is 35.4 Å². The average Bonchev–Trinajstić information content (AvgIpc) is 2.99. The summed E-state index contributed by atoms with van der Waals surface area (Å²) in [6.07, 6.45) is 3.86. The average molecular weight is 414 g/mol. The summed E-state index contributed by atoms with van der Waals surface area (Å²) in [5.74, 6) is 0. The highest BCUT2D eigenvalue weighted by Crippen LogP contribution is 2.41. The van der Waals surface area contributed by atoms with E-state index in [1.54, 1.807) is 0 Å². The molecule has 2 heterocycles. The number of pyridine rings is 1. The van der Waals surface area contributed by atoms with Crippen LogP contribution in [0.3, 0.4) is 0 Å². The summed E-state index contributed by atoms with van der Waals surface area (Å²) in [5, 5.41) is 1.13. The number of fused-ring (bicyclic) bond motifs is 1. The summed E-state index contributed by atoms with van der Waals surface area (Å²) in [6.45, 7) is 13.8. The molecule has 3 nitrogen and oxygen atoms in total. The largest absolute Gasteiger partial charge is 0.340 e. The molecule has 0 saturated heterocycles. The van der Waals surface area contributed by atoms with Crippen LogP contribution in [0.5, 0.6) is 0 Å². The Hall–Kier alpha value is -1.85. The number of rotatable bonds is 7. The Balaban J connectivity index is 2.44. The topological polar surface area (TPSA) is 43.8 Å². The van der Waals surface area contributed by atoms with Crippen molar-refractivity contribution < 1.29 is 3.89 Å². The zero-order chi connectivity index (χ0) is 21.3. The lowest BCUT2D eigenvalue weighted by Gasteiger charge is -2.24. The van der Waals surface area contributed by atoms with E-state index in [-0.39, 0.29) is 11.5 Å². The lowest BCUT2D eigenvalue weighted by atomic mass is 9.81. The Morgan fingerprint density at radius 3 is 2.55 bits per heavy atom. The number of hydrogen-bond donors (Lipinski definition) is 1. The van der Waals surface area contributed by atoms with Crippen molar-refractivity contribution in [1.82, 2.24) is 9.55 Å².